The third kappa shape index (κ3) is 2.53. The summed E-state index contributed by atoms with van der Waals surface area (Å²) in [5.74, 6) is 0. The quantitative estimate of drug-likeness (QED) is 0.721. The summed E-state index contributed by atoms with van der Waals surface area (Å²) in [5.41, 5.74) is 3.31. The predicted octanol–water partition coefficient (Wildman–Crippen LogP) is 1.86. The molecule has 120 valence electrons. The van der Waals surface area contributed by atoms with Gasteiger partial charge in [0.2, 0.25) is 10.0 Å². The number of pyridine rings is 1. The minimum absolute atomic E-state index is 0.199. The Labute approximate surface area is 133 Å². The molecule has 0 radical (unpaired) electrons. The van der Waals surface area contributed by atoms with Crippen LogP contribution in [0.15, 0.2) is 31.4 Å². The van der Waals surface area contributed by atoms with Crippen LogP contribution < -0.4 is 4.72 Å². The summed E-state index contributed by atoms with van der Waals surface area (Å²) in [6.45, 7) is 4.42. The lowest BCUT2D eigenvalue weighted by molar-refractivity contribution is 0.580. The molecule has 1 aliphatic carbocycles. The Morgan fingerprint density at radius 3 is 3.04 bits per heavy atom. The lowest BCUT2D eigenvalue weighted by Crippen LogP contribution is -2.28. The van der Waals surface area contributed by atoms with E-state index in [1.54, 1.807) is 12.5 Å². The van der Waals surface area contributed by atoms with Gasteiger partial charge < -0.3 is 9.55 Å². The van der Waals surface area contributed by atoms with Gasteiger partial charge in [-0.2, -0.15) is 0 Å². The van der Waals surface area contributed by atoms with Crippen LogP contribution in [0, 0.1) is 0 Å². The van der Waals surface area contributed by atoms with Crippen LogP contribution in [0.2, 0.25) is 0 Å². The zero-order valence-electron chi connectivity index (χ0n) is 12.5. The second kappa shape index (κ2) is 5.17. The molecule has 2 N–H and O–H groups in total. The third-order valence-corrected chi connectivity index (χ3v) is 6.07. The van der Waals surface area contributed by atoms with Crippen LogP contribution in [-0.4, -0.2) is 39.7 Å². The van der Waals surface area contributed by atoms with Crippen molar-refractivity contribution in [1.82, 2.24) is 24.2 Å². The number of fused-ring (bicyclic) bond motifs is 3. The van der Waals surface area contributed by atoms with Gasteiger partial charge in [-0.25, -0.2) is 23.1 Å². The number of imidazole rings is 1. The molecule has 23 heavy (non-hydrogen) atoms. The van der Waals surface area contributed by atoms with Crippen molar-refractivity contribution in [2.75, 3.05) is 6.54 Å². The first-order valence-corrected chi connectivity index (χ1v) is 9.07. The molecule has 0 aliphatic heterocycles. The van der Waals surface area contributed by atoms with Gasteiger partial charge in [-0.1, -0.05) is 6.58 Å². The highest BCUT2D eigenvalue weighted by molar-refractivity contribution is 7.90. The Hall–Kier alpha value is -2.19. The van der Waals surface area contributed by atoms with E-state index in [2.05, 4.69) is 26.3 Å². The molecule has 0 unspecified atom stereocenters. The number of aromatic amines is 1. The van der Waals surface area contributed by atoms with E-state index < -0.39 is 10.0 Å². The third-order valence-electron chi connectivity index (χ3n) is 4.11. The van der Waals surface area contributed by atoms with Gasteiger partial charge in [0.25, 0.3) is 0 Å². The van der Waals surface area contributed by atoms with Gasteiger partial charge >= 0.3 is 0 Å². The van der Waals surface area contributed by atoms with E-state index in [4.69, 9.17) is 0 Å². The Balaban J connectivity index is 1.56. The molecule has 3 aromatic rings. The smallest absolute Gasteiger partial charge is 0.214 e. The molecule has 0 aromatic carbocycles. The van der Waals surface area contributed by atoms with E-state index in [1.807, 2.05) is 16.8 Å². The highest BCUT2D eigenvalue weighted by Gasteiger charge is 2.35. The summed E-state index contributed by atoms with van der Waals surface area (Å²) >= 11 is 0. The number of H-pyrrole nitrogens is 1. The fourth-order valence-electron chi connectivity index (χ4n) is 2.70. The Morgan fingerprint density at radius 2 is 2.26 bits per heavy atom. The van der Waals surface area contributed by atoms with E-state index in [0.29, 0.717) is 13.0 Å². The van der Waals surface area contributed by atoms with Crippen LogP contribution in [0.25, 0.3) is 27.8 Å². The summed E-state index contributed by atoms with van der Waals surface area (Å²) in [7, 11) is -3.15. The van der Waals surface area contributed by atoms with Gasteiger partial charge in [-0.15, -0.1) is 0 Å². The van der Waals surface area contributed by atoms with Gasteiger partial charge in [0.15, 0.2) is 0 Å². The van der Waals surface area contributed by atoms with Crippen molar-refractivity contribution in [3.05, 3.63) is 31.4 Å². The predicted molar refractivity (Wildman–Crippen MR) is 89.3 cm³/mol. The first-order chi connectivity index (χ1) is 11.1. The van der Waals surface area contributed by atoms with E-state index in [1.165, 1.54) is 0 Å². The van der Waals surface area contributed by atoms with Crippen molar-refractivity contribution < 1.29 is 8.42 Å². The second-order valence-electron chi connectivity index (χ2n) is 5.80. The zero-order chi connectivity index (χ0) is 16.0. The Kier molecular flexibility index (Phi) is 3.24. The topological polar surface area (TPSA) is 92.7 Å². The Morgan fingerprint density at radius 1 is 1.43 bits per heavy atom. The minimum atomic E-state index is -3.15. The van der Waals surface area contributed by atoms with E-state index >= 15 is 0 Å². The molecule has 0 saturated heterocycles. The number of nitrogens with one attached hydrogen (secondary N) is 2. The maximum Gasteiger partial charge on any atom is 0.214 e. The fourth-order valence-corrected chi connectivity index (χ4v) is 4.08. The van der Waals surface area contributed by atoms with E-state index in [0.717, 1.165) is 40.6 Å². The lowest BCUT2D eigenvalue weighted by atomic mass is 10.2. The summed E-state index contributed by atoms with van der Waals surface area (Å²) in [5, 5.41) is 0.773. The van der Waals surface area contributed by atoms with Gasteiger partial charge in [-0.3, -0.25) is 0 Å². The highest BCUT2D eigenvalue weighted by atomic mass is 32.2. The maximum atomic E-state index is 11.8. The molecular weight excluding hydrogens is 314 g/mol. The van der Waals surface area contributed by atoms with Crippen LogP contribution in [0.4, 0.5) is 0 Å². The highest BCUT2D eigenvalue weighted by Crippen LogP contribution is 2.28. The fraction of sp³-hybridized carbons (Fsp3) is 0.333. The normalized spacial score (nSPS) is 15.5. The van der Waals surface area contributed by atoms with E-state index in [-0.39, 0.29) is 5.25 Å². The lowest BCUT2D eigenvalue weighted by Gasteiger charge is -2.10. The van der Waals surface area contributed by atoms with Crippen molar-refractivity contribution in [2.24, 2.45) is 0 Å². The van der Waals surface area contributed by atoms with Gasteiger partial charge in [-0.05, 0) is 18.9 Å². The van der Waals surface area contributed by atoms with Crippen molar-refractivity contribution in [3.63, 3.8) is 0 Å². The molecule has 1 fully saturated rings. The van der Waals surface area contributed by atoms with Gasteiger partial charge in [0.1, 0.15) is 17.5 Å². The number of rotatable bonds is 6. The largest absolute Gasteiger partial charge is 0.346 e. The summed E-state index contributed by atoms with van der Waals surface area (Å²) < 4.78 is 28.2. The first-order valence-electron chi connectivity index (χ1n) is 7.52. The number of nitrogens with zero attached hydrogens (tertiary/aromatic N) is 3. The number of hydrogen-bond acceptors (Lipinski definition) is 4. The summed E-state index contributed by atoms with van der Waals surface area (Å²) in [6, 6.07) is 1.95. The summed E-state index contributed by atoms with van der Waals surface area (Å²) in [6.07, 6.45) is 7.30. The molecule has 0 atom stereocenters. The molecule has 3 aromatic heterocycles. The molecule has 7 nitrogen and oxygen atoms in total. The maximum absolute atomic E-state index is 11.8. The van der Waals surface area contributed by atoms with Crippen LogP contribution >= 0.6 is 0 Å². The zero-order valence-corrected chi connectivity index (χ0v) is 13.3. The van der Waals surface area contributed by atoms with Crippen molar-refractivity contribution >= 4 is 37.8 Å². The number of aromatic nitrogens is 4. The van der Waals surface area contributed by atoms with E-state index in [9.17, 15) is 8.42 Å². The van der Waals surface area contributed by atoms with Crippen molar-refractivity contribution in [1.29, 1.82) is 0 Å². The van der Waals surface area contributed by atoms with Crippen molar-refractivity contribution in [3.8, 4) is 0 Å². The SMILES string of the molecule is C=C(CCNS(=O)(=O)C1CC1)n1cnc2cnc3[nH]ccc3c21. The summed E-state index contributed by atoms with van der Waals surface area (Å²) in [4.78, 5) is 11.7. The standard InChI is InChI=1S/C15H17N5O2S/c1-10(4-7-19-23(21,22)11-2-3-11)20-9-18-13-8-17-15-12(14(13)20)5-6-16-15/h5-6,8-9,11,19H,1-4,7H2,(H,16,17). The second-order valence-corrected chi connectivity index (χ2v) is 7.85. The molecule has 0 bridgehead atoms. The average Bonchev–Trinajstić information content (AvgIpc) is 3.13. The molecule has 1 aliphatic rings. The minimum Gasteiger partial charge on any atom is -0.346 e. The van der Waals surface area contributed by atoms with Crippen molar-refractivity contribution in [2.45, 2.75) is 24.5 Å². The van der Waals surface area contributed by atoms with Crippen LogP contribution in [0.3, 0.4) is 0 Å². The average molecular weight is 331 g/mol. The number of hydrogen-bond donors (Lipinski definition) is 2. The van der Waals surface area contributed by atoms with Crippen LogP contribution in [0.1, 0.15) is 19.3 Å². The molecule has 3 heterocycles. The molecule has 1 saturated carbocycles. The monoisotopic (exact) mass is 331 g/mol. The van der Waals surface area contributed by atoms with Crippen LogP contribution in [-0.2, 0) is 10.0 Å². The molecule has 4 rings (SSSR count). The number of sulfonamides is 1. The van der Waals surface area contributed by atoms with Gasteiger partial charge in [0.05, 0.1) is 17.0 Å². The van der Waals surface area contributed by atoms with Gasteiger partial charge in [0, 0.05) is 30.2 Å². The first kappa shape index (κ1) is 14.4. The molecule has 8 heteroatoms. The molecule has 0 amide bonds. The molecular formula is C15H17N5O2S. The molecule has 0 spiro atoms. The van der Waals surface area contributed by atoms with Crippen LogP contribution in [0.5, 0.6) is 0 Å². The Bertz CT molecular complexity index is 997.